The fourth-order valence-corrected chi connectivity index (χ4v) is 4.94. The third-order valence-electron chi connectivity index (χ3n) is 4.71. The van der Waals surface area contributed by atoms with Crippen LogP contribution < -0.4 is 10.6 Å². The smallest absolute Gasteiger partial charge is 0.341 e. The van der Waals surface area contributed by atoms with Crippen molar-refractivity contribution in [3.63, 3.8) is 0 Å². The van der Waals surface area contributed by atoms with Gasteiger partial charge in [0.25, 0.3) is 0 Å². The number of anilines is 2. The molecule has 0 spiro atoms. The Morgan fingerprint density at radius 2 is 1.86 bits per heavy atom. The predicted molar refractivity (Wildman–Crippen MR) is 119 cm³/mol. The number of methoxy groups -OCH3 is 1. The second-order valence-corrected chi connectivity index (χ2v) is 8.12. The van der Waals surface area contributed by atoms with E-state index < -0.39 is 5.97 Å². The fraction of sp³-hybridized carbons (Fsp3) is 0.381. The van der Waals surface area contributed by atoms with E-state index in [0.29, 0.717) is 33.5 Å². The topological polar surface area (TPSA) is 76.7 Å². The first-order valence-electron chi connectivity index (χ1n) is 9.62. The van der Waals surface area contributed by atoms with Crippen LogP contribution in [0, 0.1) is 0 Å². The molecule has 0 aliphatic heterocycles. The second kappa shape index (κ2) is 9.84. The Kier molecular flexibility index (Phi) is 7.22. The van der Waals surface area contributed by atoms with Gasteiger partial charge < -0.3 is 20.1 Å². The highest BCUT2D eigenvalue weighted by Gasteiger charge is 2.26. The molecule has 1 heterocycles. The monoisotopic (exact) mass is 432 g/mol. The van der Waals surface area contributed by atoms with Gasteiger partial charge in [0.05, 0.1) is 30.5 Å². The Balaban J connectivity index is 1.83. The lowest BCUT2D eigenvalue weighted by atomic mass is 10.1. The molecule has 1 aliphatic carbocycles. The highest BCUT2D eigenvalue weighted by atomic mass is 32.1. The summed E-state index contributed by atoms with van der Waals surface area (Å²) in [7, 11) is 1.39. The molecule has 0 radical (unpaired) electrons. The molecular weight excluding hydrogens is 408 g/mol. The molecule has 0 amide bonds. The van der Waals surface area contributed by atoms with Crippen LogP contribution in [-0.4, -0.2) is 30.8 Å². The molecule has 8 heteroatoms. The summed E-state index contributed by atoms with van der Waals surface area (Å²) in [4.78, 5) is 25.8. The average molecular weight is 433 g/mol. The number of esters is 2. The molecule has 0 atom stereocenters. The van der Waals surface area contributed by atoms with Crippen LogP contribution in [0.3, 0.4) is 0 Å². The number of hydrogen-bond donors (Lipinski definition) is 2. The third-order valence-corrected chi connectivity index (χ3v) is 6.12. The Bertz CT molecular complexity index is 923. The van der Waals surface area contributed by atoms with Crippen molar-refractivity contribution in [1.29, 1.82) is 0 Å². The van der Waals surface area contributed by atoms with Crippen LogP contribution in [0.4, 0.5) is 10.7 Å². The fourth-order valence-electron chi connectivity index (χ4n) is 3.38. The molecule has 1 aromatic heterocycles. The minimum atomic E-state index is -0.420. The third kappa shape index (κ3) is 4.94. The first-order chi connectivity index (χ1) is 14.0. The lowest BCUT2D eigenvalue weighted by molar-refractivity contribution is 0.0526. The number of ether oxygens (including phenoxy) is 2. The van der Waals surface area contributed by atoms with Crippen molar-refractivity contribution >= 4 is 51.3 Å². The Labute approximate surface area is 179 Å². The number of thiocarbonyl (C=S) groups is 1. The van der Waals surface area contributed by atoms with Gasteiger partial charge in [0, 0.05) is 4.88 Å². The van der Waals surface area contributed by atoms with E-state index in [9.17, 15) is 9.59 Å². The van der Waals surface area contributed by atoms with Crippen molar-refractivity contribution in [3.05, 3.63) is 45.8 Å². The van der Waals surface area contributed by atoms with Crippen molar-refractivity contribution in [1.82, 2.24) is 0 Å². The Morgan fingerprint density at radius 1 is 1.10 bits per heavy atom. The normalized spacial score (nSPS) is 13.0. The summed E-state index contributed by atoms with van der Waals surface area (Å²) < 4.78 is 10.1. The molecule has 29 heavy (non-hydrogen) atoms. The molecule has 3 rings (SSSR count). The molecule has 0 fully saturated rings. The molecule has 1 aromatic carbocycles. The number of carbonyl (C=O) groups excluding carboxylic acids is 2. The first-order valence-corrected chi connectivity index (χ1v) is 10.8. The van der Waals surface area contributed by atoms with Gasteiger partial charge in [-0.15, -0.1) is 11.3 Å². The summed E-state index contributed by atoms with van der Waals surface area (Å²) in [5.41, 5.74) is 2.57. The maximum atomic E-state index is 12.5. The largest absolute Gasteiger partial charge is 0.465 e. The van der Waals surface area contributed by atoms with E-state index in [4.69, 9.17) is 21.7 Å². The van der Waals surface area contributed by atoms with Crippen LogP contribution in [-0.2, 0) is 22.3 Å². The molecule has 0 saturated carbocycles. The number of benzene rings is 1. The highest BCUT2D eigenvalue weighted by Crippen LogP contribution is 2.38. The van der Waals surface area contributed by atoms with Crippen molar-refractivity contribution < 1.29 is 19.1 Å². The number of nitrogens with one attached hydrogen (secondary N) is 2. The number of thiophene rings is 1. The lowest BCUT2D eigenvalue weighted by Gasteiger charge is -2.13. The van der Waals surface area contributed by atoms with Gasteiger partial charge >= 0.3 is 11.9 Å². The van der Waals surface area contributed by atoms with Gasteiger partial charge in [0.1, 0.15) is 5.00 Å². The van der Waals surface area contributed by atoms with E-state index >= 15 is 0 Å². The van der Waals surface area contributed by atoms with Crippen molar-refractivity contribution in [2.24, 2.45) is 0 Å². The zero-order valence-corrected chi connectivity index (χ0v) is 18.1. The summed E-state index contributed by atoms with van der Waals surface area (Å²) in [6, 6.07) is 7.00. The van der Waals surface area contributed by atoms with E-state index in [2.05, 4.69) is 10.6 Å². The van der Waals surface area contributed by atoms with Crippen molar-refractivity contribution in [2.45, 2.75) is 39.0 Å². The number of aryl methyl sites for hydroxylation is 1. The van der Waals surface area contributed by atoms with E-state index in [-0.39, 0.29) is 5.97 Å². The predicted octanol–water partition coefficient (Wildman–Crippen LogP) is 4.79. The first kappa shape index (κ1) is 21.3. The van der Waals surface area contributed by atoms with Crippen LogP contribution in [0.25, 0.3) is 0 Å². The summed E-state index contributed by atoms with van der Waals surface area (Å²) in [5.74, 6) is -0.780. The summed E-state index contributed by atoms with van der Waals surface area (Å²) in [5, 5.41) is 7.16. The number of para-hydroxylation sites is 1. The summed E-state index contributed by atoms with van der Waals surface area (Å²) in [6.45, 7) is 2.05. The molecule has 154 valence electrons. The van der Waals surface area contributed by atoms with Crippen molar-refractivity contribution in [3.8, 4) is 0 Å². The van der Waals surface area contributed by atoms with Gasteiger partial charge in [-0.2, -0.15) is 0 Å². The Hall–Kier alpha value is -2.45. The molecule has 1 aliphatic rings. The van der Waals surface area contributed by atoms with Gasteiger partial charge in [0.2, 0.25) is 0 Å². The van der Waals surface area contributed by atoms with E-state index in [0.717, 1.165) is 37.7 Å². The van der Waals surface area contributed by atoms with Crippen LogP contribution in [0.5, 0.6) is 0 Å². The number of fused-ring (bicyclic) bond motifs is 1. The van der Waals surface area contributed by atoms with Crippen LogP contribution in [0.1, 0.15) is 57.3 Å². The molecule has 2 aromatic rings. The molecule has 0 bridgehead atoms. The standard InChI is InChI=1S/C21H24N2O4S2/c1-3-27-19(24)13-9-7-8-11-15(13)22-21(28)23-18-17(20(25)26-2)14-10-5-4-6-12-16(14)29-18/h7-9,11H,3-6,10,12H2,1-2H3,(H2,22,23,28). The maximum Gasteiger partial charge on any atom is 0.341 e. The zero-order chi connectivity index (χ0) is 20.8. The van der Waals surface area contributed by atoms with Gasteiger partial charge in [-0.05, 0) is 62.5 Å². The average Bonchev–Trinajstić information content (AvgIpc) is 2.88. The van der Waals surface area contributed by atoms with Crippen LogP contribution in [0.2, 0.25) is 0 Å². The Morgan fingerprint density at radius 3 is 2.62 bits per heavy atom. The zero-order valence-electron chi connectivity index (χ0n) is 16.5. The SMILES string of the molecule is CCOC(=O)c1ccccc1NC(=S)Nc1sc2c(c1C(=O)OC)CCCCC2. The number of rotatable bonds is 5. The summed E-state index contributed by atoms with van der Waals surface area (Å²) >= 11 is 7.00. The van der Waals surface area contributed by atoms with E-state index in [1.54, 1.807) is 42.5 Å². The maximum absolute atomic E-state index is 12.5. The van der Waals surface area contributed by atoms with E-state index in [1.807, 2.05) is 0 Å². The number of carbonyl (C=O) groups is 2. The molecule has 2 N–H and O–H groups in total. The molecule has 6 nitrogen and oxygen atoms in total. The minimum absolute atomic E-state index is 0.291. The highest BCUT2D eigenvalue weighted by molar-refractivity contribution is 7.80. The molecule has 0 unspecified atom stereocenters. The van der Waals surface area contributed by atoms with Crippen LogP contribution >= 0.6 is 23.6 Å². The van der Waals surface area contributed by atoms with Gasteiger partial charge in [-0.1, -0.05) is 18.6 Å². The van der Waals surface area contributed by atoms with Crippen LogP contribution in [0.15, 0.2) is 24.3 Å². The quantitative estimate of drug-likeness (QED) is 0.400. The second-order valence-electron chi connectivity index (χ2n) is 6.61. The van der Waals surface area contributed by atoms with Gasteiger partial charge in [-0.25, -0.2) is 9.59 Å². The van der Waals surface area contributed by atoms with E-state index in [1.165, 1.54) is 12.0 Å². The minimum Gasteiger partial charge on any atom is -0.465 e. The van der Waals surface area contributed by atoms with Crippen molar-refractivity contribution in [2.75, 3.05) is 24.4 Å². The number of hydrogen-bond acceptors (Lipinski definition) is 6. The summed E-state index contributed by atoms with van der Waals surface area (Å²) in [6.07, 6.45) is 5.16. The van der Waals surface area contributed by atoms with Gasteiger partial charge in [-0.3, -0.25) is 0 Å². The lowest BCUT2D eigenvalue weighted by Crippen LogP contribution is -2.22. The molecule has 0 saturated heterocycles. The van der Waals surface area contributed by atoms with Gasteiger partial charge in [0.15, 0.2) is 5.11 Å². The molecular formula is C21H24N2O4S2.